The SMILES string of the molecule is CCC(C(C)=O)C1CCS(=O)(=O)C1. The van der Waals surface area contributed by atoms with Crippen molar-refractivity contribution in [2.45, 2.75) is 26.7 Å². The quantitative estimate of drug-likeness (QED) is 0.690. The van der Waals surface area contributed by atoms with E-state index >= 15 is 0 Å². The molecule has 0 aliphatic carbocycles. The third-order valence-corrected chi connectivity index (χ3v) is 4.59. The van der Waals surface area contributed by atoms with E-state index in [4.69, 9.17) is 0 Å². The monoisotopic (exact) mass is 204 g/mol. The number of ketones is 1. The average Bonchev–Trinajstić information content (AvgIpc) is 2.31. The van der Waals surface area contributed by atoms with Crippen molar-refractivity contribution in [3.05, 3.63) is 0 Å². The van der Waals surface area contributed by atoms with Gasteiger partial charge in [0, 0.05) is 5.92 Å². The second kappa shape index (κ2) is 3.78. The minimum absolute atomic E-state index is 0.0442. The van der Waals surface area contributed by atoms with Gasteiger partial charge in [0.15, 0.2) is 9.84 Å². The van der Waals surface area contributed by atoms with Gasteiger partial charge in [-0.15, -0.1) is 0 Å². The van der Waals surface area contributed by atoms with E-state index in [9.17, 15) is 13.2 Å². The van der Waals surface area contributed by atoms with Gasteiger partial charge in [0.05, 0.1) is 11.5 Å². The molecule has 76 valence electrons. The number of carbonyl (C=O) groups excluding carboxylic acids is 1. The van der Waals surface area contributed by atoms with Crippen LogP contribution in [0, 0.1) is 11.8 Å². The minimum atomic E-state index is -2.84. The first-order valence-corrected chi connectivity index (χ1v) is 6.49. The van der Waals surface area contributed by atoms with Crippen molar-refractivity contribution in [2.75, 3.05) is 11.5 Å². The van der Waals surface area contributed by atoms with Crippen molar-refractivity contribution < 1.29 is 13.2 Å². The highest BCUT2D eigenvalue weighted by molar-refractivity contribution is 7.91. The van der Waals surface area contributed by atoms with E-state index < -0.39 is 9.84 Å². The maximum atomic E-state index is 11.2. The summed E-state index contributed by atoms with van der Waals surface area (Å²) >= 11 is 0. The normalized spacial score (nSPS) is 28.6. The van der Waals surface area contributed by atoms with Gasteiger partial charge in [0.1, 0.15) is 5.78 Å². The molecule has 0 radical (unpaired) electrons. The summed E-state index contributed by atoms with van der Waals surface area (Å²) in [5, 5.41) is 0. The van der Waals surface area contributed by atoms with Crippen molar-refractivity contribution in [3.8, 4) is 0 Å². The molecule has 3 nitrogen and oxygen atoms in total. The number of sulfone groups is 1. The first kappa shape index (κ1) is 10.7. The van der Waals surface area contributed by atoms with Crippen LogP contribution in [0.5, 0.6) is 0 Å². The summed E-state index contributed by atoms with van der Waals surface area (Å²) in [6.07, 6.45) is 1.43. The lowest BCUT2D eigenvalue weighted by Crippen LogP contribution is -2.22. The third-order valence-electron chi connectivity index (χ3n) is 2.80. The molecule has 2 unspecified atom stereocenters. The molecule has 1 aliphatic rings. The van der Waals surface area contributed by atoms with Crippen LogP contribution in [-0.2, 0) is 14.6 Å². The maximum absolute atomic E-state index is 11.2. The molecule has 0 saturated carbocycles. The molecular weight excluding hydrogens is 188 g/mol. The molecule has 1 rings (SSSR count). The predicted molar refractivity (Wildman–Crippen MR) is 51.2 cm³/mol. The van der Waals surface area contributed by atoms with Crippen LogP contribution < -0.4 is 0 Å². The molecule has 1 heterocycles. The van der Waals surface area contributed by atoms with Gasteiger partial charge in [-0.2, -0.15) is 0 Å². The van der Waals surface area contributed by atoms with Gasteiger partial charge in [0.25, 0.3) is 0 Å². The van der Waals surface area contributed by atoms with E-state index in [1.807, 2.05) is 6.92 Å². The fourth-order valence-electron chi connectivity index (χ4n) is 2.09. The third kappa shape index (κ3) is 2.53. The van der Waals surface area contributed by atoms with Crippen LogP contribution in [0.1, 0.15) is 26.7 Å². The van der Waals surface area contributed by atoms with Crippen molar-refractivity contribution in [1.82, 2.24) is 0 Å². The molecule has 1 saturated heterocycles. The number of hydrogen-bond acceptors (Lipinski definition) is 3. The molecule has 0 aromatic heterocycles. The van der Waals surface area contributed by atoms with E-state index in [2.05, 4.69) is 0 Å². The van der Waals surface area contributed by atoms with Crippen molar-refractivity contribution in [1.29, 1.82) is 0 Å². The van der Waals surface area contributed by atoms with Gasteiger partial charge in [-0.1, -0.05) is 6.92 Å². The Morgan fingerprint density at radius 3 is 2.46 bits per heavy atom. The van der Waals surface area contributed by atoms with Gasteiger partial charge < -0.3 is 0 Å². The van der Waals surface area contributed by atoms with Crippen molar-refractivity contribution >= 4 is 15.6 Å². The molecule has 2 atom stereocenters. The zero-order chi connectivity index (χ0) is 10.1. The summed E-state index contributed by atoms with van der Waals surface area (Å²) < 4.78 is 22.3. The predicted octanol–water partition coefficient (Wildman–Crippen LogP) is 1.04. The lowest BCUT2D eigenvalue weighted by atomic mass is 9.87. The van der Waals surface area contributed by atoms with Gasteiger partial charge in [-0.3, -0.25) is 4.79 Å². The highest BCUT2D eigenvalue weighted by atomic mass is 32.2. The molecular formula is C9H16O3S. The summed E-state index contributed by atoms with van der Waals surface area (Å²) in [5.41, 5.74) is 0. The average molecular weight is 204 g/mol. The summed E-state index contributed by atoms with van der Waals surface area (Å²) in [6.45, 7) is 3.50. The molecule has 1 fully saturated rings. The molecule has 0 aromatic rings. The fourth-order valence-corrected chi connectivity index (χ4v) is 3.97. The lowest BCUT2D eigenvalue weighted by Gasteiger charge is -2.17. The van der Waals surface area contributed by atoms with Gasteiger partial charge >= 0.3 is 0 Å². The van der Waals surface area contributed by atoms with Crippen LogP contribution in [0.4, 0.5) is 0 Å². The highest BCUT2D eigenvalue weighted by Crippen LogP contribution is 2.28. The van der Waals surface area contributed by atoms with Crippen LogP contribution in [-0.4, -0.2) is 25.7 Å². The Labute approximate surface area is 79.4 Å². The molecule has 0 N–H and O–H groups in total. The fraction of sp³-hybridized carbons (Fsp3) is 0.889. The number of hydrogen-bond donors (Lipinski definition) is 0. The molecule has 0 bridgehead atoms. The van der Waals surface area contributed by atoms with Crippen LogP contribution in [0.3, 0.4) is 0 Å². The van der Waals surface area contributed by atoms with Crippen LogP contribution >= 0.6 is 0 Å². The van der Waals surface area contributed by atoms with Gasteiger partial charge in [-0.05, 0) is 25.7 Å². The van der Waals surface area contributed by atoms with E-state index in [0.717, 1.165) is 6.42 Å². The second-order valence-electron chi connectivity index (χ2n) is 3.79. The Kier molecular flexibility index (Phi) is 3.11. The van der Waals surface area contributed by atoms with Crippen LogP contribution in [0.2, 0.25) is 0 Å². The first-order chi connectivity index (χ1) is 5.96. The first-order valence-electron chi connectivity index (χ1n) is 4.67. The summed E-state index contributed by atoms with van der Waals surface area (Å²) in [5.74, 6) is 0.640. The Morgan fingerprint density at radius 1 is 1.54 bits per heavy atom. The van der Waals surface area contributed by atoms with Crippen molar-refractivity contribution in [2.24, 2.45) is 11.8 Å². The van der Waals surface area contributed by atoms with Crippen molar-refractivity contribution in [3.63, 3.8) is 0 Å². The van der Waals surface area contributed by atoms with E-state index in [1.165, 1.54) is 0 Å². The zero-order valence-electron chi connectivity index (χ0n) is 8.12. The Morgan fingerprint density at radius 2 is 2.15 bits per heavy atom. The molecule has 4 heteroatoms. The molecule has 13 heavy (non-hydrogen) atoms. The van der Waals surface area contributed by atoms with E-state index in [0.29, 0.717) is 6.42 Å². The molecule has 1 aliphatic heterocycles. The lowest BCUT2D eigenvalue weighted by molar-refractivity contribution is -0.122. The smallest absolute Gasteiger partial charge is 0.150 e. The molecule has 0 amide bonds. The topological polar surface area (TPSA) is 51.2 Å². The Hall–Kier alpha value is -0.380. The molecule has 0 spiro atoms. The van der Waals surface area contributed by atoms with Gasteiger partial charge in [-0.25, -0.2) is 8.42 Å². The largest absolute Gasteiger partial charge is 0.300 e. The Balaban J connectivity index is 2.69. The second-order valence-corrected chi connectivity index (χ2v) is 6.02. The number of rotatable bonds is 3. The van der Waals surface area contributed by atoms with E-state index in [-0.39, 0.29) is 29.1 Å². The van der Waals surface area contributed by atoms with Crippen LogP contribution in [0.15, 0.2) is 0 Å². The summed E-state index contributed by atoms with van der Waals surface area (Å²) in [4.78, 5) is 11.2. The standard InChI is InChI=1S/C9H16O3S/c1-3-9(7(2)10)8-4-5-13(11,12)6-8/h8-9H,3-6H2,1-2H3. The molecule has 0 aromatic carbocycles. The zero-order valence-corrected chi connectivity index (χ0v) is 8.93. The number of Topliss-reactive ketones (excluding diaryl/α,β-unsaturated/α-hetero) is 1. The van der Waals surface area contributed by atoms with Gasteiger partial charge in [0.2, 0.25) is 0 Å². The van der Waals surface area contributed by atoms with E-state index in [1.54, 1.807) is 6.92 Å². The Bertz CT molecular complexity index is 292. The maximum Gasteiger partial charge on any atom is 0.150 e. The highest BCUT2D eigenvalue weighted by Gasteiger charge is 2.34. The number of carbonyl (C=O) groups is 1. The van der Waals surface area contributed by atoms with Crippen LogP contribution in [0.25, 0.3) is 0 Å². The minimum Gasteiger partial charge on any atom is -0.300 e. The summed E-state index contributed by atoms with van der Waals surface area (Å²) in [7, 11) is -2.84. The summed E-state index contributed by atoms with van der Waals surface area (Å²) in [6, 6.07) is 0.